The van der Waals surface area contributed by atoms with Crippen LogP contribution in [0, 0.1) is 0 Å². The number of amides is 1. The average Bonchev–Trinajstić information content (AvgIpc) is 3.20. The predicted octanol–water partition coefficient (Wildman–Crippen LogP) is 0.861. The molecule has 0 unspecified atom stereocenters. The van der Waals surface area contributed by atoms with Gasteiger partial charge in [0.05, 0.1) is 12.1 Å². The second kappa shape index (κ2) is 7.78. The van der Waals surface area contributed by atoms with Crippen LogP contribution >= 0.6 is 0 Å². The second-order valence-corrected chi connectivity index (χ2v) is 6.67. The van der Waals surface area contributed by atoms with Crippen molar-refractivity contribution in [1.82, 2.24) is 19.4 Å². The highest BCUT2D eigenvalue weighted by molar-refractivity contribution is 5.79. The first-order valence-corrected chi connectivity index (χ1v) is 9.32. The summed E-state index contributed by atoms with van der Waals surface area (Å²) in [5, 5.41) is 2.75. The summed E-state index contributed by atoms with van der Waals surface area (Å²) in [4.78, 5) is 42.4. The van der Waals surface area contributed by atoms with Gasteiger partial charge in [0, 0.05) is 12.7 Å². The molecule has 1 aromatic carbocycles. The molecular weight excluding hydrogens is 376 g/mol. The van der Waals surface area contributed by atoms with Crippen molar-refractivity contribution in [2.45, 2.75) is 26.4 Å². The third-order valence-corrected chi connectivity index (χ3v) is 4.64. The zero-order valence-electron chi connectivity index (χ0n) is 15.9. The molecule has 0 spiro atoms. The van der Waals surface area contributed by atoms with Gasteiger partial charge >= 0.3 is 5.69 Å². The molecule has 0 atom stereocenters. The highest BCUT2D eigenvalue weighted by Crippen LogP contribution is 2.32. The Morgan fingerprint density at radius 1 is 1.17 bits per heavy atom. The van der Waals surface area contributed by atoms with Crippen LogP contribution in [0.4, 0.5) is 0 Å². The van der Waals surface area contributed by atoms with E-state index in [4.69, 9.17) is 9.47 Å². The molecule has 4 rings (SSSR count). The van der Waals surface area contributed by atoms with E-state index in [1.807, 2.05) is 6.92 Å². The summed E-state index contributed by atoms with van der Waals surface area (Å²) in [7, 11) is 0. The molecule has 9 heteroatoms. The third-order valence-electron chi connectivity index (χ3n) is 4.64. The lowest BCUT2D eigenvalue weighted by Crippen LogP contribution is -2.43. The normalized spacial score (nSPS) is 12.3. The first-order valence-electron chi connectivity index (χ1n) is 9.32. The van der Waals surface area contributed by atoms with Crippen molar-refractivity contribution in [1.29, 1.82) is 0 Å². The number of carbonyl (C=O) groups is 1. The van der Waals surface area contributed by atoms with Crippen molar-refractivity contribution < 1.29 is 14.3 Å². The van der Waals surface area contributed by atoms with Gasteiger partial charge in [-0.2, -0.15) is 0 Å². The number of aromatic nitrogens is 3. The molecule has 0 radical (unpaired) electrons. The summed E-state index contributed by atoms with van der Waals surface area (Å²) < 4.78 is 13.0. The minimum atomic E-state index is -0.570. The van der Waals surface area contributed by atoms with Gasteiger partial charge in [-0.25, -0.2) is 9.78 Å². The lowest BCUT2D eigenvalue weighted by Gasteiger charge is -2.14. The minimum Gasteiger partial charge on any atom is -0.454 e. The van der Waals surface area contributed by atoms with Gasteiger partial charge in [0.15, 0.2) is 17.0 Å². The summed E-state index contributed by atoms with van der Waals surface area (Å²) >= 11 is 0. The summed E-state index contributed by atoms with van der Waals surface area (Å²) in [5.74, 6) is 0.882. The van der Waals surface area contributed by atoms with E-state index in [0.29, 0.717) is 29.1 Å². The molecule has 1 amide bonds. The van der Waals surface area contributed by atoms with Crippen molar-refractivity contribution in [2.24, 2.45) is 0 Å². The Morgan fingerprint density at radius 2 is 2.00 bits per heavy atom. The third kappa shape index (κ3) is 3.58. The van der Waals surface area contributed by atoms with Crippen LogP contribution in [0.25, 0.3) is 11.0 Å². The molecule has 1 N–H and O–H groups in total. The maximum Gasteiger partial charge on any atom is 0.332 e. The smallest absolute Gasteiger partial charge is 0.332 e. The van der Waals surface area contributed by atoms with E-state index in [1.165, 1.54) is 10.8 Å². The molecular formula is C20H20N4O5. The van der Waals surface area contributed by atoms with E-state index in [0.717, 1.165) is 11.0 Å². The minimum absolute atomic E-state index is 0.0252. The Kier molecular flexibility index (Phi) is 5.03. The largest absolute Gasteiger partial charge is 0.454 e. The van der Waals surface area contributed by atoms with Gasteiger partial charge in [0.1, 0.15) is 6.54 Å². The van der Waals surface area contributed by atoms with Crippen LogP contribution in [0.3, 0.4) is 0 Å². The van der Waals surface area contributed by atoms with Gasteiger partial charge in [-0.3, -0.25) is 18.7 Å². The monoisotopic (exact) mass is 396 g/mol. The molecule has 1 aliphatic heterocycles. The lowest BCUT2D eigenvalue weighted by molar-refractivity contribution is -0.121. The maximum atomic E-state index is 13.1. The van der Waals surface area contributed by atoms with Gasteiger partial charge in [0.25, 0.3) is 5.56 Å². The number of pyridine rings is 1. The number of fused-ring (bicyclic) bond motifs is 2. The fourth-order valence-electron chi connectivity index (χ4n) is 3.22. The summed E-state index contributed by atoms with van der Waals surface area (Å²) in [6, 6.07) is 8.47. The van der Waals surface area contributed by atoms with Crippen LogP contribution in [0.2, 0.25) is 0 Å². The van der Waals surface area contributed by atoms with Gasteiger partial charge in [-0.15, -0.1) is 0 Å². The number of benzene rings is 1. The standard InChI is InChI=1S/C20H20N4O5/c1-2-7-21-17(25)11-23-14-4-3-8-22-18(14)19(26)24(20(23)27)10-13-5-6-15-16(9-13)29-12-28-15/h3-6,8-9H,2,7,10-12H2,1H3,(H,21,25). The molecule has 0 aliphatic carbocycles. The van der Waals surface area contributed by atoms with Crippen LogP contribution in [-0.2, 0) is 17.9 Å². The van der Waals surface area contributed by atoms with E-state index in [1.54, 1.807) is 30.3 Å². The molecule has 3 heterocycles. The quantitative estimate of drug-likeness (QED) is 0.663. The molecule has 0 fully saturated rings. The molecule has 1 aliphatic rings. The fraction of sp³-hybridized carbons (Fsp3) is 0.300. The molecule has 150 valence electrons. The molecule has 2 aromatic heterocycles. The summed E-state index contributed by atoms with van der Waals surface area (Å²) in [6.45, 7) is 2.43. The number of hydrogen-bond acceptors (Lipinski definition) is 6. The van der Waals surface area contributed by atoms with E-state index in [-0.39, 0.29) is 31.3 Å². The Hall–Kier alpha value is -3.62. The number of rotatable bonds is 6. The van der Waals surface area contributed by atoms with Crippen LogP contribution in [0.15, 0.2) is 46.1 Å². The van der Waals surface area contributed by atoms with E-state index < -0.39 is 11.2 Å². The SMILES string of the molecule is CCCNC(=O)Cn1c(=O)n(Cc2ccc3c(c2)OCO3)c(=O)c2ncccc21. The number of nitrogens with zero attached hydrogens (tertiary/aromatic N) is 3. The molecule has 0 saturated carbocycles. The Labute approximate surface area is 165 Å². The summed E-state index contributed by atoms with van der Waals surface area (Å²) in [5.41, 5.74) is 0.0891. The van der Waals surface area contributed by atoms with Crippen molar-refractivity contribution in [3.8, 4) is 11.5 Å². The van der Waals surface area contributed by atoms with Crippen LogP contribution in [0.1, 0.15) is 18.9 Å². The molecule has 0 bridgehead atoms. The van der Waals surface area contributed by atoms with E-state index >= 15 is 0 Å². The second-order valence-electron chi connectivity index (χ2n) is 6.67. The number of hydrogen-bond donors (Lipinski definition) is 1. The molecule has 29 heavy (non-hydrogen) atoms. The zero-order chi connectivity index (χ0) is 20.4. The van der Waals surface area contributed by atoms with Crippen molar-refractivity contribution >= 4 is 16.9 Å². The van der Waals surface area contributed by atoms with Crippen molar-refractivity contribution in [3.63, 3.8) is 0 Å². The highest BCUT2D eigenvalue weighted by atomic mass is 16.7. The first-order chi connectivity index (χ1) is 14.1. The Morgan fingerprint density at radius 3 is 2.83 bits per heavy atom. The maximum absolute atomic E-state index is 13.1. The predicted molar refractivity (Wildman–Crippen MR) is 105 cm³/mol. The van der Waals surface area contributed by atoms with Gasteiger partial charge < -0.3 is 14.8 Å². The number of ether oxygens (including phenoxy) is 2. The first kappa shape index (κ1) is 18.7. The van der Waals surface area contributed by atoms with Gasteiger partial charge in [0.2, 0.25) is 12.7 Å². The van der Waals surface area contributed by atoms with Gasteiger partial charge in [-0.05, 0) is 36.2 Å². The van der Waals surface area contributed by atoms with Crippen molar-refractivity contribution in [2.75, 3.05) is 13.3 Å². The topological polar surface area (TPSA) is 104 Å². The number of carbonyl (C=O) groups excluding carboxylic acids is 1. The van der Waals surface area contributed by atoms with Crippen LogP contribution in [0.5, 0.6) is 11.5 Å². The Bertz CT molecular complexity index is 1200. The molecule has 9 nitrogen and oxygen atoms in total. The summed E-state index contributed by atoms with van der Waals surface area (Å²) in [6.07, 6.45) is 2.27. The fourth-order valence-corrected chi connectivity index (χ4v) is 3.22. The molecule has 3 aromatic rings. The lowest BCUT2D eigenvalue weighted by atomic mass is 10.2. The van der Waals surface area contributed by atoms with E-state index in [9.17, 15) is 14.4 Å². The van der Waals surface area contributed by atoms with E-state index in [2.05, 4.69) is 10.3 Å². The highest BCUT2D eigenvalue weighted by Gasteiger charge is 2.18. The van der Waals surface area contributed by atoms with Crippen LogP contribution < -0.4 is 26.0 Å². The Balaban J connectivity index is 1.78. The van der Waals surface area contributed by atoms with Crippen LogP contribution in [-0.4, -0.2) is 33.4 Å². The average molecular weight is 396 g/mol. The number of nitrogens with one attached hydrogen (secondary N) is 1. The van der Waals surface area contributed by atoms with Gasteiger partial charge in [-0.1, -0.05) is 13.0 Å². The molecule has 0 saturated heterocycles. The van der Waals surface area contributed by atoms with Crippen molar-refractivity contribution in [3.05, 3.63) is 62.9 Å². The zero-order valence-corrected chi connectivity index (χ0v) is 15.9.